The van der Waals surface area contributed by atoms with E-state index in [-0.39, 0.29) is 10.9 Å². The van der Waals surface area contributed by atoms with Crippen LogP contribution in [0.4, 0.5) is 10.1 Å². The summed E-state index contributed by atoms with van der Waals surface area (Å²) in [5.41, 5.74) is 0.582. The molecule has 0 radical (unpaired) electrons. The molecule has 0 saturated heterocycles. The molecule has 0 aromatic heterocycles. The Labute approximate surface area is 105 Å². The Kier molecular flexibility index (Phi) is 5.38. The van der Waals surface area contributed by atoms with Gasteiger partial charge in [-0.05, 0) is 24.6 Å². The first-order valence-corrected chi connectivity index (χ1v) is 5.64. The van der Waals surface area contributed by atoms with Crippen molar-refractivity contribution < 1.29 is 13.9 Å². The minimum atomic E-state index is -0.490. The second-order valence-corrected chi connectivity index (χ2v) is 4.05. The van der Waals surface area contributed by atoms with Gasteiger partial charge in [0.05, 0.1) is 5.02 Å². The number of carbonyl (C=O) groups is 1. The van der Waals surface area contributed by atoms with Gasteiger partial charge in [-0.25, -0.2) is 4.39 Å². The lowest BCUT2D eigenvalue weighted by molar-refractivity contribution is -0.118. The molecule has 0 saturated carbocycles. The van der Waals surface area contributed by atoms with E-state index in [1.165, 1.54) is 23.1 Å². The monoisotopic (exact) mass is 259 g/mol. The summed E-state index contributed by atoms with van der Waals surface area (Å²) in [7, 11) is 3.23. The summed E-state index contributed by atoms with van der Waals surface area (Å²) in [5, 5.41) is 0.0130. The molecule has 0 aliphatic carbocycles. The Morgan fingerprint density at radius 2 is 2.24 bits per heavy atom. The SMILES string of the molecule is COCCCC(=O)N(C)c1ccc(F)c(Cl)c1. The molecule has 17 heavy (non-hydrogen) atoms. The lowest BCUT2D eigenvalue weighted by Crippen LogP contribution is -2.26. The van der Waals surface area contributed by atoms with Crippen LogP contribution < -0.4 is 4.90 Å². The molecule has 0 atom stereocenters. The molecule has 0 heterocycles. The van der Waals surface area contributed by atoms with Gasteiger partial charge in [0.15, 0.2) is 0 Å². The van der Waals surface area contributed by atoms with E-state index in [2.05, 4.69) is 0 Å². The standard InChI is InChI=1S/C12H15ClFNO2/c1-15(12(16)4-3-7-17-2)9-5-6-11(14)10(13)8-9/h5-6,8H,3-4,7H2,1-2H3. The number of nitrogens with zero attached hydrogens (tertiary/aromatic N) is 1. The summed E-state index contributed by atoms with van der Waals surface area (Å²) < 4.78 is 17.8. The summed E-state index contributed by atoms with van der Waals surface area (Å²) in [6.45, 7) is 0.545. The van der Waals surface area contributed by atoms with E-state index in [1.807, 2.05) is 0 Å². The number of amides is 1. The zero-order valence-corrected chi connectivity index (χ0v) is 10.6. The fourth-order valence-corrected chi connectivity index (χ4v) is 1.55. The van der Waals surface area contributed by atoms with E-state index in [0.717, 1.165) is 0 Å². The number of halogens is 2. The second-order valence-electron chi connectivity index (χ2n) is 3.65. The van der Waals surface area contributed by atoms with E-state index in [0.29, 0.717) is 25.1 Å². The zero-order valence-electron chi connectivity index (χ0n) is 9.87. The highest BCUT2D eigenvalue weighted by Crippen LogP contribution is 2.22. The summed E-state index contributed by atoms with van der Waals surface area (Å²) in [6.07, 6.45) is 1.05. The van der Waals surface area contributed by atoms with Crippen molar-refractivity contribution in [3.05, 3.63) is 29.0 Å². The molecule has 1 amide bonds. The summed E-state index contributed by atoms with van der Waals surface area (Å²) in [5.74, 6) is -0.541. The van der Waals surface area contributed by atoms with Crippen LogP contribution in [0.25, 0.3) is 0 Å². The van der Waals surface area contributed by atoms with E-state index in [9.17, 15) is 9.18 Å². The van der Waals surface area contributed by atoms with Crippen molar-refractivity contribution in [3.8, 4) is 0 Å². The number of hydrogen-bond donors (Lipinski definition) is 0. The van der Waals surface area contributed by atoms with Gasteiger partial charge >= 0.3 is 0 Å². The average Bonchev–Trinajstić information content (AvgIpc) is 2.32. The molecule has 0 bridgehead atoms. The van der Waals surface area contributed by atoms with Gasteiger partial charge < -0.3 is 9.64 Å². The molecule has 1 aromatic carbocycles. The van der Waals surface area contributed by atoms with Crippen LogP contribution in [0.1, 0.15) is 12.8 Å². The number of ether oxygens (including phenoxy) is 1. The van der Waals surface area contributed by atoms with Crippen molar-refractivity contribution in [3.63, 3.8) is 0 Å². The van der Waals surface area contributed by atoms with Gasteiger partial charge in [-0.15, -0.1) is 0 Å². The smallest absolute Gasteiger partial charge is 0.226 e. The van der Waals surface area contributed by atoms with Crippen molar-refractivity contribution >= 4 is 23.2 Å². The summed E-state index contributed by atoms with van der Waals surface area (Å²) in [6, 6.07) is 4.21. The molecule has 0 aliphatic rings. The van der Waals surface area contributed by atoms with Crippen LogP contribution in [-0.2, 0) is 9.53 Å². The van der Waals surface area contributed by atoms with Crippen LogP contribution in [0, 0.1) is 5.82 Å². The molecule has 0 unspecified atom stereocenters. The number of anilines is 1. The molecule has 1 rings (SSSR count). The van der Waals surface area contributed by atoms with Gasteiger partial charge in [0.25, 0.3) is 0 Å². The zero-order chi connectivity index (χ0) is 12.8. The van der Waals surface area contributed by atoms with Gasteiger partial charge in [-0.2, -0.15) is 0 Å². The third-order valence-corrected chi connectivity index (χ3v) is 2.69. The van der Waals surface area contributed by atoms with Gasteiger partial charge in [0, 0.05) is 32.9 Å². The van der Waals surface area contributed by atoms with Crippen LogP contribution in [-0.4, -0.2) is 26.7 Å². The highest BCUT2D eigenvalue weighted by molar-refractivity contribution is 6.31. The Morgan fingerprint density at radius 3 is 2.82 bits per heavy atom. The Hall–Kier alpha value is -1.13. The van der Waals surface area contributed by atoms with E-state index in [1.54, 1.807) is 14.2 Å². The molecule has 0 spiro atoms. The fourth-order valence-electron chi connectivity index (χ4n) is 1.37. The highest BCUT2D eigenvalue weighted by Gasteiger charge is 2.12. The number of hydrogen-bond acceptors (Lipinski definition) is 2. The maximum absolute atomic E-state index is 13.0. The number of methoxy groups -OCH3 is 1. The Morgan fingerprint density at radius 1 is 1.53 bits per heavy atom. The fraction of sp³-hybridized carbons (Fsp3) is 0.417. The maximum atomic E-state index is 13.0. The first-order chi connectivity index (χ1) is 8.06. The van der Waals surface area contributed by atoms with Crippen molar-refractivity contribution in [2.24, 2.45) is 0 Å². The van der Waals surface area contributed by atoms with Crippen LogP contribution in [0.3, 0.4) is 0 Å². The molecule has 3 nitrogen and oxygen atoms in total. The van der Waals surface area contributed by atoms with Gasteiger partial charge in [0.2, 0.25) is 5.91 Å². The predicted octanol–water partition coefficient (Wildman–Crippen LogP) is 2.87. The van der Waals surface area contributed by atoms with Crippen molar-refractivity contribution in [1.29, 1.82) is 0 Å². The van der Waals surface area contributed by atoms with Crippen molar-refractivity contribution in [2.75, 3.05) is 25.7 Å². The molecular weight excluding hydrogens is 245 g/mol. The molecule has 1 aromatic rings. The average molecular weight is 260 g/mol. The number of benzene rings is 1. The first-order valence-electron chi connectivity index (χ1n) is 5.27. The lowest BCUT2D eigenvalue weighted by Gasteiger charge is -2.17. The van der Waals surface area contributed by atoms with Crippen molar-refractivity contribution in [1.82, 2.24) is 0 Å². The molecule has 0 N–H and O–H groups in total. The molecule has 94 valence electrons. The minimum Gasteiger partial charge on any atom is -0.385 e. The Bertz CT molecular complexity index is 398. The summed E-state index contributed by atoms with van der Waals surface area (Å²) in [4.78, 5) is 13.2. The third kappa shape index (κ3) is 3.98. The van der Waals surface area contributed by atoms with Gasteiger partial charge in [0.1, 0.15) is 5.82 Å². The van der Waals surface area contributed by atoms with Crippen LogP contribution in [0.5, 0.6) is 0 Å². The van der Waals surface area contributed by atoms with Crippen LogP contribution in [0.15, 0.2) is 18.2 Å². The molecular formula is C12H15ClFNO2. The maximum Gasteiger partial charge on any atom is 0.226 e. The van der Waals surface area contributed by atoms with Crippen molar-refractivity contribution in [2.45, 2.75) is 12.8 Å². The first kappa shape index (κ1) is 13.9. The predicted molar refractivity (Wildman–Crippen MR) is 65.9 cm³/mol. The molecule has 0 fully saturated rings. The Balaban J connectivity index is 2.65. The van der Waals surface area contributed by atoms with Gasteiger partial charge in [-0.1, -0.05) is 11.6 Å². The van der Waals surface area contributed by atoms with E-state index in [4.69, 9.17) is 16.3 Å². The van der Waals surface area contributed by atoms with E-state index < -0.39 is 5.82 Å². The third-order valence-electron chi connectivity index (χ3n) is 2.40. The van der Waals surface area contributed by atoms with E-state index >= 15 is 0 Å². The van der Waals surface area contributed by atoms with Crippen LogP contribution >= 0.6 is 11.6 Å². The topological polar surface area (TPSA) is 29.5 Å². The minimum absolute atomic E-state index is 0.0130. The number of carbonyl (C=O) groups excluding carboxylic acids is 1. The molecule has 5 heteroatoms. The molecule has 0 aliphatic heterocycles. The number of rotatable bonds is 5. The lowest BCUT2D eigenvalue weighted by atomic mass is 10.2. The highest BCUT2D eigenvalue weighted by atomic mass is 35.5. The second kappa shape index (κ2) is 6.57. The largest absolute Gasteiger partial charge is 0.385 e. The normalized spacial score (nSPS) is 10.4. The van der Waals surface area contributed by atoms with Crippen LogP contribution in [0.2, 0.25) is 5.02 Å². The summed E-state index contributed by atoms with van der Waals surface area (Å²) >= 11 is 5.66. The quantitative estimate of drug-likeness (QED) is 0.761. The van der Waals surface area contributed by atoms with Gasteiger partial charge in [-0.3, -0.25) is 4.79 Å².